The van der Waals surface area contributed by atoms with E-state index in [4.69, 9.17) is 4.74 Å². The Morgan fingerprint density at radius 1 is 1.11 bits per heavy atom. The SMILES string of the molecule is COc1ccc(CNC(=O)C2CCN(c3ccc4nccnc4n3)CC2)cc1. The highest BCUT2D eigenvalue weighted by Crippen LogP contribution is 2.23. The number of hydrogen-bond donors (Lipinski definition) is 1. The Balaban J connectivity index is 1.30. The van der Waals surface area contributed by atoms with E-state index < -0.39 is 0 Å². The fourth-order valence-electron chi connectivity index (χ4n) is 3.47. The van der Waals surface area contributed by atoms with Crippen molar-refractivity contribution >= 4 is 22.9 Å². The summed E-state index contributed by atoms with van der Waals surface area (Å²) in [6.45, 7) is 2.15. The van der Waals surface area contributed by atoms with Crippen molar-refractivity contribution in [2.24, 2.45) is 5.92 Å². The smallest absolute Gasteiger partial charge is 0.223 e. The Hall–Kier alpha value is -3.22. The molecule has 0 atom stereocenters. The van der Waals surface area contributed by atoms with Gasteiger partial charge in [-0.15, -0.1) is 0 Å². The molecule has 1 aliphatic rings. The van der Waals surface area contributed by atoms with E-state index in [0.717, 1.165) is 48.6 Å². The average molecular weight is 377 g/mol. The van der Waals surface area contributed by atoms with E-state index >= 15 is 0 Å². The fraction of sp³-hybridized carbons (Fsp3) is 0.333. The van der Waals surface area contributed by atoms with Crippen LogP contribution in [-0.4, -0.2) is 41.1 Å². The molecule has 0 spiro atoms. The third kappa shape index (κ3) is 4.03. The van der Waals surface area contributed by atoms with Crippen molar-refractivity contribution in [1.82, 2.24) is 20.3 Å². The summed E-state index contributed by atoms with van der Waals surface area (Å²) in [5, 5.41) is 3.05. The van der Waals surface area contributed by atoms with Gasteiger partial charge in [-0.3, -0.25) is 9.78 Å². The number of piperidine rings is 1. The third-order valence-electron chi connectivity index (χ3n) is 5.13. The summed E-state index contributed by atoms with van der Waals surface area (Å²) in [5.41, 5.74) is 2.51. The summed E-state index contributed by atoms with van der Waals surface area (Å²) in [6.07, 6.45) is 4.95. The Morgan fingerprint density at radius 3 is 2.61 bits per heavy atom. The monoisotopic (exact) mass is 377 g/mol. The molecule has 0 unspecified atom stereocenters. The van der Waals surface area contributed by atoms with Crippen LogP contribution in [0.5, 0.6) is 5.75 Å². The van der Waals surface area contributed by atoms with Gasteiger partial charge in [0.15, 0.2) is 5.65 Å². The van der Waals surface area contributed by atoms with Gasteiger partial charge in [-0.05, 0) is 42.7 Å². The number of nitrogens with zero attached hydrogens (tertiary/aromatic N) is 4. The second-order valence-corrected chi connectivity index (χ2v) is 6.90. The number of methoxy groups -OCH3 is 1. The van der Waals surface area contributed by atoms with Crippen LogP contribution in [0.25, 0.3) is 11.2 Å². The summed E-state index contributed by atoms with van der Waals surface area (Å²) < 4.78 is 5.16. The molecule has 1 fully saturated rings. The highest BCUT2D eigenvalue weighted by Gasteiger charge is 2.25. The van der Waals surface area contributed by atoms with Crippen molar-refractivity contribution in [2.45, 2.75) is 19.4 Å². The zero-order valence-corrected chi connectivity index (χ0v) is 15.8. The van der Waals surface area contributed by atoms with E-state index in [1.807, 2.05) is 36.4 Å². The van der Waals surface area contributed by atoms with Gasteiger partial charge in [0.05, 0.1) is 7.11 Å². The number of carbonyl (C=O) groups excluding carboxylic acids is 1. The molecule has 7 heteroatoms. The first-order valence-corrected chi connectivity index (χ1v) is 9.46. The highest BCUT2D eigenvalue weighted by atomic mass is 16.5. The molecule has 28 heavy (non-hydrogen) atoms. The maximum absolute atomic E-state index is 12.5. The molecular weight excluding hydrogens is 354 g/mol. The quantitative estimate of drug-likeness (QED) is 0.736. The lowest BCUT2D eigenvalue weighted by Gasteiger charge is -2.32. The molecule has 7 nitrogen and oxygen atoms in total. The topological polar surface area (TPSA) is 80.2 Å². The zero-order chi connectivity index (χ0) is 19.3. The van der Waals surface area contributed by atoms with E-state index in [0.29, 0.717) is 12.2 Å². The number of benzene rings is 1. The molecule has 1 saturated heterocycles. The Morgan fingerprint density at radius 2 is 1.86 bits per heavy atom. The number of aromatic nitrogens is 3. The lowest BCUT2D eigenvalue weighted by molar-refractivity contribution is -0.125. The number of amides is 1. The lowest BCUT2D eigenvalue weighted by Crippen LogP contribution is -2.40. The first-order valence-electron chi connectivity index (χ1n) is 9.46. The van der Waals surface area contributed by atoms with Gasteiger partial charge in [-0.1, -0.05) is 12.1 Å². The number of fused-ring (bicyclic) bond motifs is 1. The molecule has 0 aliphatic carbocycles. The number of pyridine rings is 1. The molecule has 0 bridgehead atoms. The normalized spacial score (nSPS) is 14.8. The number of anilines is 1. The average Bonchev–Trinajstić information content (AvgIpc) is 2.77. The largest absolute Gasteiger partial charge is 0.497 e. The molecule has 1 amide bonds. The van der Waals surface area contributed by atoms with Crippen LogP contribution in [0.4, 0.5) is 5.82 Å². The summed E-state index contributed by atoms with van der Waals surface area (Å²) in [4.78, 5) is 27.9. The minimum atomic E-state index is 0.0368. The summed E-state index contributed by atoms with van der Waals surface area (Å²) in [6, 6.07) is 11.7. The van der Waals surface area contributed by atoms with Crippen molar-refractivity contribution in [3.63, 3.8) is 0 Å². The molecule has 4 rings (SSSR count). The molecule has 0 saturated carbocycles. The molecule has 2 aromatic heterocycles. The van der Waals surface area contributed by atoms with Crippen LogP contribution in [0.1, 0.15) is 18.4 Å². The van der Waals surface area contributed by atoms with Crippen molar-refractivity contribution in [3.05, 3.63) is 54.4 Å². The van der Waals surface area contributed by atoms with Gasteiger partial charge in [0.25, 0.3) is 0 Å². The predicted molar refractivity (Wildman–Crippen MR) is 107 cm³/mol. The summed E-state index contributed by atoms with van der Waals surface area (Å²) in [7, 11) is 1.64. The summed E-state index contributed by atoms with van der Waals surface area (Å²) >= 11 is 0. The van der Waals surface area contributed by atoms with Gasteiger partial charge >= 0.3 is 0 Å². The van der Waals surface area contributed by atoms with Crippen molar-refractivity contribution in [1.29, 1.82) is 0 Å². The van der Waals surface area contributed by atoms with Crippen molar-refractivity contribution in [2.75, 3.05) is 25.1 Å². The molecule has 3 heterocycles. The van der Waals surface area contributed by atoms with Crippen LogP contribution in [0.3, 0.4) is 0 Å². The molecule has 0 radical (unpaired) electrons. The molecule has 1 aliphatic heterocycles. The van der Waals surface area contributed by atoms with E-state index in [2.05, 4.69) is 25.2 Å². The van der Waals surface area contributed by atoms with E-state index in [1.54, 1.807) is 19.5 Å². The van der Waals surface area contributed by atoms with Gasteiger partial charge in [-0.25, -0.2) is 9.97 Å². The second-order valence-electron chi connectivity index (χ2n) is 6.90. The van der Waals surface area contributed by atoms with Gasteiger partial charge in [-0.2, -0.15) is 0 Å². The van der Waals surface area contributed by atoms with E-state index in [1.165, 1.54) is 0 Å². The first-order chi connectivity index (χ1) is 13.7. The second kappa shape index (κ2) is 8.21. The van der Waals surface area contributed by atoms with Crippen LogP contribution in [0, 0.1) is 5.92 Å². The Bertz CT molecular complexity index is 952. The molecular formula is C21H23N5O2. The highest BCUT2D eigenvalue weighted by molar-refractivity contribution is 5.79. The van der Waals surface area contributed by atoms with E-state index in [-0.39, 0.29) is 11.8 Å². The Kier molecular flexibility index (Phi) is 5.32. The van der Waals surface area contributed by atoms with E-state index in [9.17, 15) is 4.79 Å². The number of carbonyl (C=O) groups is 1. The molecule has 1 aromatic carbocycles. The molecule has 3 aromatic rings. The standard InChI is InChI=1S/C21H23N5O2/c1-28-17-4-2-15(3-5-17)14-24-21(27)16-8-12-26(13-9-16)19-7-6-18-20(25-19)23-11-10-22-18/h2-7,10-11,16H,8-9,12-14H2,1H3,(H,24,27). The van der Waals surface area contributed by atoms with Gasteiger partial charge in [0.1, 0.15) is 17.1 Å². The van der Waals surface area contributed by atoms with Crippen LogP contribution in [0.2, 0.25) is 0 Å². The minimum Gasteiger partial charge on any atom is -0.497 e. The van der Waals surface area contributed by atoms with Crippen molar-refractivity contribution < 1.29 is 9.53 Å². The number of ether oxygens (including phenoxy) is 1. The maximum Gasteiger partial charge on any atom is 0.223 e. The van der Waals surface area contributed by atoms with Crippen LogP contribution < -0.4 is 15.0 Å². The predicted octanol–water partition coefficient (Wildman–Crippen LogP) is 2.57. The van der Waals surface area contributed by atoms with Crippen LogP contribution in [0.15, 0.2) is 48.8 Å². The number of rotatable bonds is 5. The zero-order valence-electron chi connectivity index (χ0n) is 15.8. The molecule has 1 N–H and O–H groups in total. The Labute approximate surface area is 163 Å². The lowest BCUT2D eigenvalue weighted by atomic mass is 9.96. The minimum absolute atomic E-state index is 0.0368. The maximum atomic E-state index is 12.5. The summed E-state index contributed by atoms with van der Waals surface area (Å²) in [5.74, 6) is 1.86. The van der Waals surface area contributed by atoms with Crippen LogP contribution >= 0.6 is 0 Å². The van der Waals surface area contributed by atoms with Gasteiger partial charge in [0.2, 0.25) is 5.91 Å². The third-order valence-corrected chi connectivity index (χ3v) is 5.13. The first kappa shape index (κ1) is 18.2. The van der Waals surface area contributed by atoms with Gasteiger partial charge in [0, 0.05) is 37.9 Å². The molecule has 144 valence electrons. The van der Waals surface area contributed by atoms with Gasteiger partial charge < -0.3 is 15.0 Å². The fourth-order valence-corrected chi connectivity index (χ4v) is 3.47. The van der Waals surface area contributed by atoms with Crippen molar-refractivity contribution in [3.8, 4) is 5.75 Å². The van der Waals surface area contributed by atoms with Crippen LogP contribution in [-0.2, 0) is 11.3 Å². The number of hydrogen-bond acceptors (Lipinski definition) is 6. The number of nitrogens with one attached hydrogen (secondary N) is 1.